The van der Waals surface area contributed by atoms with Crippen LogP contribution < -0.4 is 5.32 Å². The van der Waals surface area contributed by atoms with Crippen molar-refractivity contribution >= 4 is 0 Å². The fourth-order valence-corrected chi connectivity index (χ4v) is 1.09. The van der Waals surface area contributed by atoms with Crippen LogP contribution in [-0.2, 0) is 13.0 Å². The summed E-state index contributed by atoms with van der Waals surface area (Å²) in [5, 5.41) is 7.14. The summed E-state index contributed by atoms with van der Waals surface area (Å²) < 4.78 is 5.10. The summed E-state index contributed by atoms with van der Waals surface area (Å²) in [5.74, 6) is 1.51. The smallest absolute Gasteiger partial charge is 0.226 e. The van der Waals surface area contributed by atoms with Gasteiger partial charge in [0.1, 0.15) is 0 Å². The van der Waals surface area contributed by atoms with E-state index in [0.29, 0.717) is 12.6 Å². The van der Waals surface area contributed by atoms with Crippen molar-refractivity contribution in [1.29, 1.82) is 0 Å². The number of unbranched alkanes of at least 4 members (excludes halogenated alkanes) is 1. The first-order valence-electron chi connectivity index (χ1n) is 5.27. The minimum atomic E-state index is 0.451. The van der Waals surface area contributed by atoms with Gasteiger partial charge in [0.15, 0.2) is 5.82 Å². The van der Waals surface area contributed by atoms with Gasteiger partial charge in [-0.15, -0.1) is 0 Å². The molecule has 0 fully saturated rings. The van der Waals surface area contributed by atoms with Crippen LogP contribution in [0.15, 0.2) is 4.52 Å². The Hall–Kier alpha value is -0.900. The van der Waals surface area contributed by atoms with Gasteiger partial charge in [-0.25, -0.2) is 0 Å². The first-order valence-corrected chi connectivity index (χ1v) is 5.27. The molecule has 80 valence electrons. The van der Waals surface area contributed by atoms with Crippen molar-refractivity contribution in [2.75, 3.05) is 0 Å². The van der Waals surface area contributed by atoms with Crippen LogP contribution in [0.1, 0.15) is 45.3 Å². The summed E-state index contributed by atoms with van der Waals surface area (Å²) in [5.41, 5.74) is 0. The minimum Gasteiger partial charge on any atom is -0.339 e. The molecule has 1 heterocycles. The maximum absolute atomic E-state index is 5.10. The summed E-state index contributed by atoms with van der Waals surface area (Å²) in [6.07, 6.45) is 3.16. The molecular weight excluding hydrogens is 178 g/mol. The molecule has 4 heteroatoms. The van der Waals surface area contributed by atoms with Crippen molar-refractivity contribution in [1.82, 2.24) is 15.5 Å². The number of hydrogen-bond donors (Lipinski definition) is 1. The molecule has 0 amide bonds. The van der Waals surface area contributed by atoms with E-state index in [9.17, 15) is 0 Å². The van der Waals surface area contributed by atoms with Crippen LogP contribution in [0.5, 0.6) is 0 Å². The molecule has 1 rings (SSSR count). The quantitative estimate of drug-likeness (QED) is 0.756. The lowest BCUT2D eigenvalue weighted by molar-refractivity contribution is 0.368. The highest BCUT2D eigenvalue weighted by atomic mass is 16.5. The third-order valence-corrected chi connectivity index (χ3v) is 1.92. The van der Waals surface area contributed by atoms with E-state index in [1.165, 1.54) is 0 Å². The third kappa shape index (κ3) is 3.87. The molecule has 0 aliphatic carbocycles. The van der Waals surface area contributed by atoms with Gasteiger partial charge in [0.25, 0.3) is 0 Å². The molecule has 0 bridgehead atoms. The van der Waals surface area contributed by atoms with Crippen LogP contribution in [0.25, 0.3) is 0 Å². The number of nitrogens with one attached hydrogen (secondary N) is 1. The van der Waals surface area contributed by atoms with Gasteiger partial charge in [-0.3, -0.25) is 0 Å². The second kappa shape index (κ2) is 5.75. The normalized spacial score (nSPS) is 11.1. The fraction of sp³-hybridized carbons (Fsp3) is 0.800. The van der Waals surface area contributed by atoms with Gasteiger partial charge in [-0.05, 0) is 6.42 Å². The first-order chi connectivity index (χ1) is 6.72. The van der Waals surface area contributed by atoms with Gasteiger partial charge >= 0.3 is 0 Å². The predicted molar refractivity (Wildman–Crippen MR) is 54.9 cm³/mol. The van der Waals surface area contributed by atoms with Crippen LogP contribution in [0.4, 0.5) is 0 Å². The van der Waals surface area contributed by atoms with E-state index in [2.05, 4.69) is 36.2 Å². The highest BCUT2D eigenvalue weighted by Crippen LogP contribution is 2.02. The maximum atomic E-state index is 5.10. The molecule has 0 aliphatic rings. The van der Waals surface area contributed by atoms with Crippen molar-refractivity contribution in [2.24, 2.45) is 0 Å². The molecule has 0 aromatic carbocycles. The molecule has 0 aliphatic heterocycles. The van der Waals surface area contributed by atoms with Crippen molar-refractivity contribution in [3.8, 4) is 0 Å². The van der Waals surface area contributed by atoms with E-state index in [1.807, 2.05) is 0 Å². The second-order valence-electron chi connectivity index (χ2n) is 3.74. The lowest BCUT2D eigenvalue weighted by Crippen LogP contribution is -2.22. The molecule has 1 aromatic heterocycles. The van der Waals surface area contributed by atoms with E-state index in [-0.39, 0.29) is 0 Å². The molecule has 0 atom stereocenters. The number of nitrogens with zero attached hydrogens (tertiary/aromatic N) is 2. The van der Waals surface area contributed by atoms with E-state index >= 15 is 0 Å². The number of hydrogen-bond acceptors (Lipinski definition) is 4. The number of rotatable bonds is 6. The summed E-state index contributed by atoms with van der Waals surface area (Å²) in [6, 6.07) is 0.451. The lowest BCUT2D eigenvalue weighted by atomic mass is 10.2. The Labute approximate surface area is 85.1 Å². The van der Waals surface area contributed by atoms with Gasteiger partial charge in [-0.1, -0.05) is 32.3 Å². The van der Waals surface area contributed by atoms with E-state index in [0.717, 1.165) is 31.0 Å². The molecule has 1 N–H and O–H groups in total. The Balaban J connectivity index is 2.35. The Morgan fingerprint density at radius 2 is 2.21 bits per heavy atom. The Morgan fingerprint density at radius 3 is 2.86 bits per heavy atom. The number of aryl methyl sites for hydroxylation is 1. The molecular formula is C10H19N3O. The van der Waals surface area contributed by atoms with Crippen molar-refractivity contribution in [3.05, 3.63) is 11.7 Å². The summed E-state index contributed by atoms with van der Waals surface area (Å²) in [6.45, 7) is 7.03. The highest BCUT2D eigenvalue weighted by molar-refractivity contribution is 4.86. The molecule has 4 nitrogen and oxygen atoms in total. The standard InChI is InChI=1S/C10H19N3O/c1-4-5-6-10-12-9(13-14-10)7-11-8(2)3/h8,11H,4-7H2,1-3H3. The van der Waals surface area contributed by atoms with E-state index in [4.69, 9.17) is 4.52 Å². The fourth-order valence-electron chi connectivity index (χ4n) is 1.09. The van der Waals surface area contributed by atoms with Crippen molar-refractivity contribution in [3.63, 3.8) is 0 Å². The van der Waals surface area contributed by atoms with Gasteiger partial charge in [-0.2, -0.15) is 4.98 Å². The van der Waals surface area contributed by atoms with Gasteiger partial charge in [0, 0.05) is 12.5 Å². The summed E-state index contributed by atoms with van der Waals surface area (Å²) >= 11 is 0. The molecule has 0 saturated carbocycles. The van der Waals surface area contributed by atoms with Crippen LogP contribution in [0, 0.1) is 0 Å². The largest absolute Gasteiger partial charge is 0.339 e. The zero-order valence-corrected chi connectivity index (χ0v) is 9.21. The zero-order valence-electron chi connectivity index (χ0n) is 9.21. The van der Waals surface area contributed by atoms with Gasteiger partial charge in [0.2, 0.25) is 5.89 Å². The molecule has 0 unspecified atom stereocenters. The van der Waals surface area contributed by atoms with Crippen LogP contribution >= 0.6 is 0 Å². The monoisotopic (exact) mass is 197 g/mol. The minimum absolute atomic E-state index is 0.451. The zero-order chi connectivity index (χ0) is 10.4. The lowest BCUT2D eigenvalue weighted by Gasteiger charge is -2.03. The molecule has 0 radical (unpaired) electrons. The van der Waals surface area contributed by atoms with Crippen molar-refractivity contribution < 1.29 is 4.52 Å². The highest BCUT2D eigenvalue weighted by Gasteiger charge is 2.05. The summed E-state index contributed by atoms with van der Waals surface area (Å²) in [7, 11) is 0. The Bertz CT molecular complexity index is 258. The Morgan fingerprint density at radius 1 is 1.43 bits per heavy atom. The van der Waals surface area contributed by atoms with E-state index in [1.54, 1.807) is 0 Å². The Kier molecular flexibility index (Phi) is 4.59. The average Bonchev–Trinajstić information content (AvgIpc) is 2.59. The number of aromatic nitrogens is 2. The first kappa shape index (κ1) is 11.2. The molecule has 0 saturated heterocycles. The second-order valence-corrected chi connectivity index (χ2v) is 3.74. The average molecular weight is 197 g/mol. The van der Waals surface area contributed by atoms with Crippen molar-refractivity contribution in [2.45, 2.75) is 52.6 Å². The topological polar surface area (TPSA) is 51.0 Å². The van der Waals surface area contributed by atoms with Crippen LogP contribution in [0.2, 0.25) is 0 Å². The van der Waals surface area contributed by atoms with Crippen LogP contribution in [-0.4, -0.2) is 16.2 Å². The summed E-state index contributed by atoms with van der Waals surface area (Å²) in [4.78, 5) is 4.28. The van der Waals surface area contributed by atoms with E-state index < -0.39 is 0 Å². The maximum Gasteiger partial charge on any atom is 0.226 e. The van der Waals surface area contributed by atoms with Crippen LogP contribution in [0.3, 0.4) is 0 Å². The predicted octanol–water partition coefficient (Wildman–Crippen LogP) is 1.91. The third-order valence-electron chi connectivity index (χ3n) is 1.92. The van der Waals surface area contributed by atoms with Gasteiger partial charge in [0.05, 0.1) is 6.54 Å². The SMILES string of the molecule is CCCCc1nc(CNC(C)C)no1. The molecule has 1 aromatic rings. The van der Waals surface area contributed by atoms with Gasteiger partial charge < -0.3 is 9.84 Å². The molecule has 14 heavy (non-hydrogen) atoms. The molecule has 0 spiro atoms.